The molecule has 0 aliphatic heterocycles. The maximum atomic E-state index is 12.8. The van der Waals surface area contributed by atoms with Gasteiger partial charge in [-0.15, -0.1) is 0 Å². The van der Waals surface area contributed by atoms with E-state index in [1.165, 1.54) is 0 Å². The molecule has 2 amide bonds. The normalized spacial score (nSPS) is 16.7. The lowest BCUT2D eigenvalue weighted by Crippen LogP contribution is -2.52. The molecule has 0 aromatic heterocycles. The van der Waals surface area contributed by atoms with Gasteiger partial charge in [-0.05, 0) is 46.9 Å². The van der Waals surface area contributed by atoms with Crippen LogP contribution in [0, 0.1) is 17.8 Å². The lowest BCUT2D eigenvalue weighted by molar-refractivity contribution is -0.145. The topological polar surface area (TPSA) is 105 Å². The first kappa shape index (κ1) is 23.8. The fourth-order valence-corrected chi connectivity index (χ4v) is 4.89. The van der Waals surface area contributed by atoms with Gasteiger partial charge in [-0.25, -0.2) is 9.59 Å². The number of ether oxygens (including phenoxy) is 1. The van der Waals surface area contributed by atoms with Crippen LogP contribution in [0.5, 0.6) is 0 Å². The molecule has 2 aliphatic carbocycles. The van der Waals surface area contributed by atoms with Gasteiger partial charge < -0.3 is 20.5 Å². The van der Waals surface area contributed by atoms with Crippen molar-refractivity contribution in [3.8, 4) is 11.1 Å². The summed E-state index contributed by atoms with van der Waals surface area (Å²) in [6.45, 7) is 4.03. The highest BCUT2D eigenvalue weighted by atomic mass is 16.5. The monoisotopic (exact) mass is 464 g/mol. The van der Waals surface area contributed by atoms with Crippen LogP contribution in [0.2, 0.25) is 0 Å². The molecule has 7 nitrogen and oxygen atoms in total. The first-order valence-electron chi connectivity index (χ1n) is 12.0. The second kappa shape index (κ2) is 10.3. The largest absolute Gasteiger partial charge is 0.480 e. The standard InChI is InChI=1S/C27H32N2O5/c1-16(2)22(25(30)29-24(26(31)32)17-8-7-9-17)14-28-27(33)34-15-23-20-12-5-3-10-18(20)19-11-4-6-13-21(19)23/h3-6,10-13,16-17,22-24H,7-9,14-15H2,1-2H3,(H,28,33)(H,29,30)(H,31,32). The SMILES string of the molecule is CC(C)C(CNC(=O)OCC1c2ccccc2-c2ccccc21)C(=O)NC(C(=O)O)C1CCC1. The Morgan fingerprint density at radius 1 is 1.00 bits per heavy atom. The van der Waals surface area contributed by atoms with Gasteiger partial charge in [0, 0.05) is 12.5 Å². The van der Waals surface area contributed by atoms with Crippen molar-refractivity contribution < 1.29 is 24.2 Å². The van der Waals surface area contributed by atoms with Gasteiger partial charge in [-0.2, -0.15) is 0 Å². The van der Waals surface area contributed by atoms with Crippen molar-refractivity contribution in [3.63, 3.8) is 0 Å². The van der Waals surface area contributed by atoms with Crippen LogP contribution < -0.4 is 10.6 Å². The summed E-state index contributed by atoms with van der Waals surface area (Å²) in [5.74, 6) is -2.06. The molecule has 180 valence electrons. The molecule has 2 aliphatic rings. The average Bonchev–Trinajstić information content (AvgIpc) is 3.09. The van der Waals surface area contributed by atoms with Gasteiger partial charge in [0.15, 0.2) is 0 Å². The number of hydrogen-bond acceptors (Lipinski definition) is 4. The minimum Gasteiger partial charge on any atom is -0.480 e. The number of benzene rings is 2. The summed E-state index contributed by atoms with van der Waals surface area (Å²) in [7, 11) is 0. The number of amides is 2. The molecular formula is C27H32N2O5. The van der Waals surface area contributed by atoms with Crippen molar-refractivity contribution in [2.24, 2.45) is 17.8 Å². The minimum absolute atomic E-state index is 0.0237. The minimum atomic E-state index is -1.01. The van der Waals surface area contributed by atoms with E-state index in [0.717, 1.165) is 41.5 Å². The number of carboxylic acid groups (broad SMARTS) is 1. The highest BCUT2D eigenvalue weighted by Crippen LogP contribution is 2.44. The third-order valence-corrected chi connectivity index (χ3v) is 7.14. The Morgan fingerprint density at radius 3 is 2.09 bits per heavy atom. The van der Waals surface area contributed by atoms with Crippen LogP contribution in [0.15, 0.2) is 48.5 Å². The Kier molecular flexibility index (Phi) is 7.20. The van der Waals surface area contributed by atoms with Crippen LogP contribution in [0.4, 0.5) is 4.79 Å². The van der Waals surface area contributed by atoms with Gasteiger partial charge in [-0.3, -0.25) is 4.79 Å². The third kappa shape index (κ3) is 4.93. The third-order valence-electron chi connectivity index (χ3n) is 7.14. The van der Waals surface area contributed by atoms with Crippen molar-refractivity contribution in [1.82, 2.24) is 10.6 Å². The predicted molar refractivity (Wildman–Crippen MR) is 128 cm³/mol. The Labute approximate surface area is 199 Å². The quantitative estimate of drug-likeness (QED) is 0.517. The van der Waals surface area contributed by atoms with Gasteiger partial charge in [0.25, 0.3) is 0 Å². The second-order valence-corrected chi connectivity index (χ2v) is 9.57. The molecule has 0 radical (unpaired) electrons. The first-order valence-corrected chi connectivity index (χ1v) is 12.0. The van der Waals surface area contributed by atoms with E-state index >= 15 is 0 Å². The summed E-state index contributed by atoms with van der Waals surface area (Å²) >= 11 is 0. The number of hydrogen-bond donors (Lipinski definition) is 3. The maximum Gasteiger partial charge on any atom is 0.407 e. The lowest BCUT2D eigenvalue weighted by Gasteiger charge is -2.33. The molecule has 0 bridgehead atoms. The van der Waals surface area contributed by atoms with E-state index in [1.807, 2.05) is 38.1 Å². The van der Waals surface area contributed by atoms with E-state index in [9.17, 15) is 19.5 Å². The Hall–Kier alpha value is -3.35. The molecule has 7 heteroatoms. The fraction of sp³-hybridized carbons (Fsp3) is 0.444. The van der Waals surface area contributed by atoms with E-state index in [4.69, 9.17) is 4.74 Å². The second-order valence-electron chi connectivity index (χ2n) is 9.57. The zero-order valence-corrected chi connectivity index (χ0v) is 19.6. The number of fused-ring (bicyclic) bond motifs is 3. The van der Waals surface area contributed by atoms with Crippen LogP contribution in [0.3, 0.4) is 0 Å². The molecule has 2 unspecified atom stereocenters. The summed E-state index contributed by atoms with van der Waals surface area (Å²) in [5, 5.41) is 14.9. The molecule has 34 heavy (non-hydrogen) atoms. The maximum absolute atomic E-state index is 12.8. The fourth-order valence-electron chi connectivity index (χ4n) is 4.89. The molecule has 4 rings (SSSR count). The summed E-state index contributed by atoms with van der Waals surface area (Å²) in [5.41, 5.74) is 4.57. The number of carboxylic acids is 1. The molecular weight excluding hydrogens is 432 g/mol. The van der Waals surface area contributed by atoms with Crippen molar-refractivity contribution in [3.05, 3.63) is 59.7 Å². The number of nitrogens with one attached hydrogen (secondary N) is 2. The van der Waals surface area contributed by atoms with Gasteiger partial charge in [0.1, 0.15) is 12.6 Å². The van der Waals surface area contributed by atoms with Crippen LogP contribution in [0.25, 0.3) is 11.1 Å². The molecule has 2 aromatic rings. The van der Waals surface area contributed by atoms with Crippen molar-refractivity contribution in [1.29, 1.82) is 0 Å². The molecule has 0 heterocycles. The van der Waals surface area contributed by atoms with Gasteiger partial charge in [0.2, 0.25) is 5.91 Å². The van der Waals surface area contributed by atoms with Crippen molar-refractivity contribution in [2.45, 2.75) is 45.1 Å². The number of rotatable bonds is 9. The lowest BCUT2D eigenvalue weighted by atomic mass is 9.79. The van der Waals surface area contributed by atoms with Crippen molar-refractivity contribution >= 4 is 18.0 Å². The predicted octanol–water partition coefficient (Wildman–Crippen LogP) is 4.17. The Balaban J connectivity index is 1.33. The smallest absolute Gasteiger partial charge is 0.407 e. The van der Waals surface area contributed by atoms with Gasteiger partial charge in [-0.1, -0.05) is 68.8 Å². The molecule has 0 saturated heterocycles. The van der Waals surface area contributed by atoms with E-state index in [-0.39, 0.29) is 36.8 Å². The summed E-state index contributed by atoms with van der Waals surface area (Å²) in [6, 6.07) is 15.4. The van der Waals surface area contributed by atoms with Crippen molar-refractivity contribution in [2.75, 3.05) is 13.2 Å². The average molecular weight is 465 g/mol. The molecule has 1 fully saturated rings. The van der Waals surface area contributed by atoms with E-state index in [2.05, 4.69) is 34.9 Å². The highest BCUT2D eigenvalue weighted by Gasteiger charge is 2.36. The van der Waals surface area contributed by atoms with E-state index in [0.29, 0.717) is 0 Å². The highest BCUT2D eigenvalue weighted by molar-refractivity contribution is 5.86. The zero-order chi connectivity index (χ0) is 24.2. The Morgan fingerprint density at radius 2 is 1.59 bits per heavy atom. The molecule has 2 aromatic carbocycles. The molecule has 1 saturated carbocycles. The number of carbonyl (C=O) groups is 3. The van der Waals surface area contributed by atoms with E-state index in [1.54, 1.807) is 0 Å². The van der Waals surface area contributed by atoms with E-state index < -0.39 is 24.0 Å². The molecule has 0 spiro atoms. The number of carbonyl (C=O) groups excluding carboxylic acids is 2. The first-order chi connectivity index (χ1) is 16.4. The van der Waals surface area contributed by atoms with Gasteiger partial charge in [0.05, 0.1) is 5.92 Å². The zero-order valence-electron chi connectivity index (χ0n) is 19.6. The van der Waals surface area contributed by atoms with Gasteiger partial charge >= 0.3 is 12.1 Å². The number of aliphatic carboxylic acids is 1. The summed E-state index contributed by atoms with van der Waals surface area (Å²) in [6.07, 6.45) is 2.01. The number of alkyl carbamates (subject to hydrolysis) is 1. The van der Waals surface area contributed by atoms with Crippen LogP contribution >= 0.6 is 0 Å². The summed E-state index contributed by atoms with van der Waals surface area (Å²) in [4.78, 5) is 36.9. The Bertz CT molecular complexity index is 1020. The molecule has 2 atom stereocenters. The summed E-state index contributed by atoms with van der Waals surface area (Å²) < 4.78 is 5.56. The van der Waals surface area contributed by atoms with Crippen LogP contribution in [0.1, 0.15) is 50.2 Å². The van der Waals surface area contributed by atoms with Crippen LogP contribution in [-0.4, -0.2) is 42.3 Å². The van der Waals surface area contributed by atoms with Crippen LogP contribution in [-0.2, 0) is 14.3 Å². The molecule has 3 N–H and O–H groups in total.